The van der Waals surface area contributed by atoms with E-state index in [2.05, 4.69) is 10.5 Å². The van der Waals surface area contributed by atoms with Crippen LogP contribution < -0.4 is 5.43 Å². The van der Waals surface area contributed by atoms with Crippen molar-refractivity contribution in [1.82, 2.24) is 5.43 Å². The van der Waals surface area contributed by atoms with Gasteiger partial charge in [0.2, 0.25) is 5.91 Å². The molecule has 0 unspecified atom stereocenters. The van der Waals surface area contributed by atoms with Crippen LogP contribution in [0.25, 0.3) is 0 Å². The molecule has 0 aliphatic heterocycles. The Morgan fingerprint density at radius 2 is 2.00 bits per heavy atom. The van der Waals surface area contributed by atoms with E-state index in [4.69, 9.17) is 16.3 Å². The van der Waals surface area contributed by atoms with Crippen molar-refractivity contribution in [2.75, 3.05) is 12.4 Å². The largest absolute Gasteiger partial charge is 0.466 e. The molecular weight excluding hydrogens is 324 g/mol. The minimum atomic E-state index is -0.351. The highest BCUT2D eigenvalue weighted by Crippen LogP contribution is 2.20. The van der Waals surface area contributed by atoms with Gasteiger partial charge in [-0.1, -0.05) is 11.6 Å². The zero-order valence-corrected chi connectivity index (χ0v) is 14.2. The first-order valence-corrected chi connectivity index (χ1v) is 8.23. The van der Waals surface area contributed by atoms with Crippen molar-refractivity contribution >= 4 is 41.0 Å². The van der Waals surface area contributed by atoms with E-state index < -0.39 is 0 Å². The zero-order chi connectivity index (χ0) is 16.4. The molecule has 0 saturated carbocycles. The highest BCUT2D eigenvalue weighted by Gasteiger charge is 2.05. The quantitative estimate of drug-likeness (QED) is 0.341. The van der Waals surface area contributed by atoms with E-state index in [1.807, 2.05) is 24.3 Å². The molecule has 0 fully saturated rings. The van der Waals surface area contributed by atoms with Crippen LogP contribution in [0, 0.1) is 0 Å². The number of rotatable bonds is 8. The first kappa shape index (κ1) is 18.5. The summed E-state index contributed by atoms with van der Waals surface area (Å²) in [7, 11) is 0. The van der Waals surface area contributed by atoms with Gasteiger partial charge < -0.3 is 4.74 Å². The fourth-order valence-electron chi connectivity index (χ4n) is 1.47. The smallest absolute Gasteiger partial charge is 0.311 e. The molecule has 22 heavy (non-hydrogen) atoms. The van der Waals surface area contributed by atoms with Crippen LogP contribution in [0.3, 0.4) is 0 Å². The maximum absolute atomic E-state index is 11.6. The molecule has 0 bridgehead atoms. The van der Waals surface area contributed by atoms with E-state index in [0.717, 1.165) is 4.90 Å². The number of carbonyl (C=O) groups excluding carboxylic acids is 2. The van der Waals surface area contributed by atoms with Gasteiger partial charge in [-0.2, -0.15) is 5.10 Å². The lowest BCUT2D eigenvalue weighted by Gasteiger charge is -2.03. The standard InChI is InChI=1S/C15H19ClN2O3S/c1-3-21-15(20)10-11(2)17-18-14(19)8-9-22-13-6-4-12(16)5-7-13/h4-7H,3,8-10H2,1-2H3,(H,18,19)/b17-11-. The predicted molar refractivity (Wildman–Crippen MR) is 89.3 cm³/mol. The van der Waals surface area contributed by atoms with Crippen LogP contribution in [0.4, 0.5) is 0 Å². The van der Waals surface area contributed by atoms with Crippen molar-refractivity contribution in [3.8, 4) is 0 Å². The van der Waals surface area contributed by atoms with Crippen LogP contribution in [0.15, 0.2) is 34.3 Å². The molecule has 0 aromatic heterocycles. The van der Waals surface area contributed by atoms with Gasteiger partial charge in [0.1, 0.15) is 0 Å². The first-order chi connectivity index (χ1) is 10.5. The number of hydrogen-bond acceptors (Lipinski definition) is 5. The van der Waals surface area contributed by atoms with Gasteiger partial charge in [0.05, 0.1) is 13.0 Å². The molecule has 0 aliphatic rings. The van der Waals surface area contributed by atoms with Gasteiger partial charge in [0.15, 0.2) is 0 Å². The van der Waals surface area contributed by atoms with Gasteiger partial charge in [0.25, 0.3) is 0 Å². The van der Waals surface area contributed by atoms with Crippen molar-refractivity contribution < 1.29 is 14.3 Å². The number of thioether (sulfide) groups is 1. The van der Waals surface area contributed by atoms with E-state index in [0.29, 0.717) is 29.5 Å². The average Bonchev–Trinajstić information content (AvgIpc) is 2.47. The van der Waals surface area contributed by atoms with Crippen molar-refractivity contribution in [2.45, 2.75) is 31.6 Å². The Balaban J connectivity index is 2.25. The monoisotopic (exact) mass is 342 g/mol. The van der Waals surface area contributed by atoms with Crippen LogP contribution in [0.1, 0.15) is 26.7 Å². The molecule has 120 valence electrons. The number of ether oxygens (including phenoxy) is 1. The summed E-state index contributed by atoms with van der Waals surface area (Å²) in [4.78, 5) is 23.9. The van der Waals surface area contributed by atoms with Crippen LogP contribution in [0.5, 0.6) is 0 Å². The Hall–Kier alpha value is -1.53. The Morgan fingerprint density at radius 3 is 2.64 bits per heavy atom. The molecule has 0 radical (unpaired) electrons. The Labute approximate surface area is 139 Å². The fraction of sp³-hybridized carbons (Fsp3) is 0.400. The molecule has 0 aliphatic carbocycles. The van der Waals surface area contributed by atoms with Crippen LogP contribution in [-0.2, 0) is 14.3 Å². The summed E-state index contributed by atoms with van der Waals surface area (Å²) >= 11 is 7.37. The van der Waals surface area contributed by atoms with Crippen LogP contribution >= 0.6 is 23.4 Å². The fourth-order valence-corrected chi connectivity index (χ4v) is 2.44. The van der Waals surface area contributed by atoms with E-state index in [9.17, 15) is 9.59 Å². The Kier molecular flexibility index (Phi) is 8.62. The highest BCUT2D eigenvalue weighted by atomic mass is 35.5. The Morgan fingerprint density at radius 1 is 1.32 bits per heavy atom. The maximum Gasteiger partial charge on any atom is 0.311 e. The molecular formula is C15H19ClN2O3S. The SMILES string of the molecule is CCOC(=O)C/C(C)=N\NC(=O)CCSc1ccc(Cl)cc1. The van der Waals surface area contributed by atoms with Crippen LogP contribution in [-0.4, -0.2) is 29.9 Å². The van der Waals surface area contributed by atoms with Crippen molar-refractivity contribution in [2.24, 2.45) is 5.10 Å². The Bertz CT molecular complexity index is 532. The summed E-state index contributed by atoms with van der Waals surface area (Å²) in [5, 5.41) is 4.56. The molecule has 7 heteroatoms. The number of halogens is 1. The summed E-state index contributed by atoms with van der Waals surface area (Å²) < 4.78 is 4.80. The molecule has 0 atom stereocenters. The van der Waals surface area contributed by atoms with Gasteiger partial charge >= 0.3 is 5.97 Å². The molecule has 1 aromatic carbocycles. The van der Waals surface area contributed by atoms with Crippen molar-refractivity contribution in [3.63, 3.8) is 0 Å². The lowest BCUT2D eigenvalue weighted by atomic mass is 10.3. The summed E-state index contributed by atoms with van der Waals surface area (Å²) in [6.07, 6.45) is 0.414. The molecule has 1 N–H and O–H groups in total. The number of nitrogens with one attached hydrogen (secondary N) is 1. The van der Waals surface area contributed by atoms with E-state index in [-0.39, 0.29) is 18.3 Å². The van der Waals surface area contributed by atoms with Gasteiger partial charge in [-0.15, -0.1) is 11.8 Å². The lowest BCUT2D eigenvalue weighted by molar-refractivity contribution is -0.141. The van der Waals surface area contributed by atoms with E-state index in [1.165, 1.54) is 0 Å². The lowest BCUT2D eigenvalue weighted by Crippen LogP contribution is -2.20. The third-order valence-electron chi connectivity index (χ3n) is 2.49. The van der Waals surface area contributed by atoms with Crippen molar-refractivity contribution in [1.29, 1.82) is 0 Å². The number of benzene rings is 1. The third kappa shape index (κ3) is 8.05. The predicted octanol–water partition coefficient (Wildman–Crippen LogP) is 3.27. The highest BCUT2D eigenvalue weighted by molar-refractivity contribution is 7.99. The molecule has 0 heterocycles. The third-order valence-corrected chi connectivity index (χ3v) is 3.75. The number of hydrazone groups is 1. The summed E-state index contributed by atoms with van der Waals surface area (Å²) in [5.41, 5.74) is 2.94. The summed E-state index contributed by atoms with van der Waals surface area (Å²) in [5.74, 6) is 0.0980. The minimum absolute atomic E-state index is 0.0770. The second kappa shape index (κ2) is 10.2. The molecule has 0 saturated heterocycles. The normalized spacial score (nSPS) is 11.1. The summed E-state index contributed by atoms with van der Waals surface area (Å²) in [6, 6.07) is 7.44. The van der Waals surface area contributed by atoms with Gasteiger partial charge in [0, 0.05) is 27.8 Å². The second-order valence-corrected chi connectivity index (χ2v) is 6.02. The number of nitrogens with zero attached hydrogens (tertiary/aromatic N) is 1. The number of amides is 1. The number of esters is 1. The second-order valence-electron chi connectivity index (χ2n) is 4.42. The number of carbonyl (C=O) groups is 2. The van der Waals surface area contributed by atoms with Crippen molar-refractivity contribution in [3.05, 3.63) is 29.3 Å². The summed E-state index contributed by atoms with van der Waals surface area (Å²) in [6.45, 7) is 3.74. The van der Waals surface area contributed by atoms with Crippen LogP contribution in [0.2, 0.25) is 5.02 Å². The molecule has 5 nitrogen and oxygen atoms in total. The molecule has 1 amide bonds. The topological polar surface area (TPSA) is 67.8 Å². The zero-order valence-electron chi connectivity index (χ0n) is 12.6. The average molecular weight is 343 g/mol. The minimum Gasteiger partial charge on any atom is -0.466 e. The van der Waals surface area contributed by atoms with E-state index in [1.54, 1.807) is 25.6 Å². The molecule has 0 spiro atoms. The van der Waals surface area contributed by atoms with E-state index >= 15 is 0 Å². The van der Waals surface area contributed by atoms with Gasteiger partial charge in [-0.25, -0.2) is 5.43 Å². The van der Waals surface area contributed by atoms with Gasteiger partial charge in [-0.05, 0) is 38.1 Å². The molecule has 1 aromatic rings. The first-order valence-electron chi connectivity index (χ1n) is 6.87. The molecule has 1 rings (SSSR count). The number of hydrogen-bond donors (Lipinski definition) is 1. The van der Waals surface area contributed by atoms with Gasteiger partial charge in [-0.3, -0.25) is 9.59 Å². The maximum atomic E-state index is 11.6.